The molecule has 0 amide bonds. The van der Waals surface area contributed by atoms with Gasteiger partial charge in [0.15, 0.2) is 0 Å². The lowest BCUT2D eigenvalue weighted by atomic mass is 9.41. The Bertz CT molecular complexity index is 787. The van der Waals surface area contributed by atoms with Crippen molar-refractivity contribution in [1.29, 1.82) is 0 Å². The van der Waals surface area contributed by atoms with Gasteiger partial charge in [-0.2, -0.15) is 0 Å². The summed E-state index contributed by atoms with van der Waals surface area (Å²) in [7, 11) is 0. The highest BCUT2D eigenvalue weighted by atomic mass is 16.3. The molecule has 6 nitrogen and oxygen atoms in total. The first-order valence-electron chi connectivity index (χ1n) is 13.4. The maximum atomic E-state index is 11.8. The van der Waals surface area contributed by atoms with Gasteiger partial charge in [0.25, 0.3) is 0 Å². The number of rotatable bonds is 5. The molecule has 0 saturated heterocycles. The first-order chi connectivity index (χ1) is 15.3. The Hall–Kier alpha value is -1.01. The van der Waals surface area contributed by atoms with Crippen LogP contribution in [0.25, 0.3) is 0 Å². The van der Waals surface area contributed by atoms with Crippen molar-refractivity contribution < 1.29 is 10.2 Å². The fourth-order valence-corrected chi connectivity index (χ4v) is 9.75. The standard InChI is InChI=1S/C26H44N4O2/c1-5-18-22-14-17(31)8-11-26(22,4)21-9-12-25(3)19(6-7-20(25)23(21)24(18)32)16(2)10-13-30-15-27-28-29-30/h15-24,31-32H,5-14H2,1-4H3/t16-,17-,18-,19-,20?,21?,22?,23?,24-,25?,26?/m1/s1. The number of hydrogen-bond donors (Lipinski definition) is 2. The summed E-state index contributed by atoms with van der Waals surface area (Å²) in [5.41, 5.74) is 0.618. The molecule has 0 spiro atoms. The summed E-state index contributed by atoms with van der Waals surface area (Å²) < 4.78 is 1.86. The van der Waals surface area contributed by atoms with Crippen LogP contribution < -0.4 is 0 Å². The van der Waals surface area contributed by atoms with Gasteiger partial charge in [-0.3, -0.25) is 0 Å². The van der Waals surface area contributed by atoms with Crippen molar-refractivity contribution in [2.45, 2.75) is 104 Å². The molecule has 180 valence electrons. The van der Waals surface area contributed by atoms with Gasteiger partial charge in [0.2, 0.25) is 0 Å². The van der Waals surface area contributed by atoms with E-state index in [-0.39, 0.29) is 17.6 Å². The lowest BCUT2D eigenvalue weighted by molar-refractivity contribution is -0.203. The summed E-state index contributed by atoms with van der Waals surface area (Å²) in [6.45, 7) is 10.7. The molecular weight excluding hydrogens is 400 g/mol. The minimum absolute atomic E-state index is 0.170. The first kappa shape index (κ1) is 22.8. The third-order valence-electron chi connectivity index (χ3n) is 11.4. The smallest absolute Gasteiger partial charge is 0.138 e. The second-order valence-electron chi connectivity index (χ2n) is 12.5. The van der Waals surface area contributed by atoms with Crippen molar-refractivity contribution in [2.75, 3.05) is 0 Å². The van der Waals surface area contributed by atoms with Gasteiger partial charge < -0.3 is 10.2 Å². The van der Waals surface area contributed by atoms with Crippen molar-refractivity contribution in [3.05, 3.63) is 6.33 Å². The van der Waals surface area contributed by atoms with E-state index in [0.717, 1.165) is 44.6 Å². The van der Waals surface area contributed by atoms with E-state index in [1.807, 2.05) is 4.68 Å². The molecule has 6 unspecified atom stereocenters. The van der Waals surface area contributed by atoms with E-state index < -0.39 is 0 Å². The highest BCUT2D eigenvalue weighted by Crippen LogP contribution is 2.69. The molecule has 4 aliphatic carbocycles. The molecular formula is C26H44N4O2. The van der Waals surface area contributed by atoms with Crippen molar-refractivity contribution in [3.8, 4) is 0 Å². The fourth-order valence-electron chi connectivity index (χ4n) is 9.75. The first-order valence-corrected chi connectivity index (χ1v) is 13.4. The molecule has 11 atom stereocenters. The minimum Gasteiger partial charge on any atom is -0.393 e. The molecule has 2 N–H and O–H groups in total. The van der Waals surface area contributed by atoms with Crippen LogP contribution in [0.2, 0.25) is 0 Å². The van der Waals surface area contributed by atoms with Gasteiger partial charge in [-0.25, -0.2) is 4.68 Å². The average molecular weight is 445 g/mol. The van der Waals surface area contributed by atoms with Crippen LogP contribution >= 0.6 is 0 Å². The van der Waals surface area contributed by atoms with Crippen LogP contribution in [0, 0.1) is 52.3 Å². The normalized spacial score (nSPS) is 49.2. The second kappa shape index (κ2) is 8.33. The van der Waals surface area contributed by atoms with E-state index in [0.29, 0.717) is 40.9 Å². The molecule has 4 aliphatic rings. The number of aliphatic hydroxyl groups is 2. The number of hydrogen-bond acceptors (Lipinski definition) is 5. The predicted molar refractivity (Wildman–Crippen MR) is 123 cm³/mol. The molecule has 5 rings (SSSR count). The van der Waals surface area contributed by atoms with Gasteiger partial charge in [-0.15, -0.1) is 5.10 Å². The third-order valence-corrected chi connectivity index (χ3v) is 11.4. The molecule has 6 heteroatoms. The van der Waals surface area contributed by atoms with Crippen molar-refractivity contribution in [2.24, 2.45) is 52.3 Å². The molecule has 0 aromatic carbocycles. The molecule has 0 aliphatic heterocycles. The number of fused-ring (bicyclic) bond motifs is 5. The number of aromatic nitrogens is 4. The van der Waals surface area contributed by atoms with Crippen LogP contribution in [-0.4, -0.2) is 42.6 Å². The zero-order valence-corrected chi connectivity index (χ0v) is 20.5. The van der Waals surface area contributed by atoms with E-state index in [1.165, 1.54) is 25.7 Å². The van der Waals surface area contributed by atoms with Crippen LogP contribution in [0.1, 0.15) is 85.5 Å². The number of aryl methyl sites for hydroxylation is 1. The average Bonchev–Trinajstić information content (AvgIpc) is 3.41. The van der Waals surface area contributed by atoms with Gasteiger partial charge in [-0.05, 0) is 114 Å². The molecule has 0 radical (unpaired) electrons. The van der Waals surface area contributed by atoms with Crippen LogP contribution in [0.5, 0.6) is 0 Å². The Morgan fingerprint density at radius 3 is 2.50 bits per heavy atom. The highest BCUT2D eigenvalue weighted by Gasteiger charge is 2.64. The van der Waals surface area contributed by atoms with Crippen molar-refractivity contribution in [3.63, 3.8) is 0 Å². The monoisotopic (exact) mass is 444 g/mol. The molecule has 0 bridgehead atoms. The highest BCUT2D eigenvalue weighted by molar-refractivity contribution is 5.13. The van der Waals surface area contributed by atoms with Crippen molar-refractivity contribution in [1.82, 2.24) is 20.2 Å². The quantitative estimate of drug-likeness (QED) is 0.706. The van der Waals surface area contributed by atoms with Crippen LogP contribution in [0.15, 0.2) is 6.33 Å². The van der Waals surface area contributed by atoms with Gasteiger partial charge in [0.05, 0.1) is 12.2 Å². The van der Waals surface area contributed by atoms with E-state index in [9.17, 15) is 10.2 Å². The van der Waals surface area contributed by atoms with Gasteiger partial charge in [0, 0.05) is 6.54 Å². The predicted octanol–water partition coefficient (Wildman–Crippen LogP) is 4.33. The maximum absolute atomic E-state index is 11.8. The number of aliphatic hydroxyl groups excluding tert-OH is 2. The summed E-state index contributed by atoms with van der Waals surface area (Å²) in [5, 5.41) is 33.9. The lowest BCUT2D eigenvalue weighted by Crippen LogP contribution is -2.62. The Morgan fingerprint density at radius 1 is 1.03 bits per heavy atom. The minimum atomic E-state index is -0.201. The van der Waals surface area contributed by atoms with E-state index in [4.69, 9.17) is 0 Å². The molecule has 1 heterocycles. The van der Waals surface area contributed by atoms with Gasteiger partial charge in [0.1, 0.15) is 6.33 Å². The summed E-state index contributed by atoms with van der Waals surface area (Å²) in [4.78, 5) is 0. The van der Waals surface area contributed by atoms with Crippen LogP contribution in [0.3, 0.4) is 0 Å². The van der Waals surface area contributed by atoms with E-state index in [2.05, 4.69) is 43.2 Å². The topological polar surface area (TPSA) is 84.1 Å². The van der Waals surface area contributed by atoms with Crippen LogP contribution in [-0.2, 0) is 6.54 Å². The third kappa shape index (κ3) is 3.38. The van der Waals surface area contributed by atoms with Gasteiger partial charge >= 0.3 is 0 Å². The fraction of sp³-hybridized carbons (Fsp3) is 0.962. The van der Waals surface area contributed by atoms with Gasteiger partial charge in [-0.1, -0.05) is 34.1 Å². The maximum Gasteiger partial charge on any atom is 0.138 e. The Morgan fingerprint density at radius 2 is 1.78 bits per heavy atom. The van der Waals surface area contributed by atoms with Crippen LogP contribution in [0.4, 0.5) is 0 Å². The summed E-state index contributed by atoms with van der Waals surface area (Å²) in [6.07, 6.45) is 11.6. The second-order valence-corrected chi connectivity index (χ2v) is 12.5. The Labute approximate surface area is 193 Å². The van der Waals surface area contributed by atoms with Crippen molar-refractivity contribution >= 4 is 0 Å². The number of tetrazole rings is 1. The largest absolute Gasteiger partial charge is 0.393 e. The summed E-state index contributed by atoms with van der Waals surface area (Å²) in [5.74, 6) is 3.87. The zero-order chi connectivity index (χ0) is 22.7. The van der Waals surface area contributed by atoms with E-state index in [1.54, 1.807) is 6.33 Å². The zero-order valence-electron chi connectivity index (χ0n) is 20.5. The Balaban J connectivity index is 1.38. The molecule has 1 aromatic rings. The molecule has 4 fully saturated rings. The lowest BCUT2D eigenvalue weighted by Gasteiger charge is -2.64. The SMILES string of the molecule is CC[C@@H]1C2C[C@H](O)CCC2(C)C2CCC3(C)C(CC[C@@H]3[C@H](C)CCn3cnnn3)C2[C@@H]1O. The Kier molecular flexibility index (Phi) is 5.93. The molecule has 32 heavy (non-hydrogen) atoms. The summed E-state index contributed by atoms with van der Waals surface area (Å²) >= 11 is 0. The molecule has 4 saturated carbocycles. The number of nitrogens with zero attached hydrogens (tertiary/aromatic N) is 4. The van der Waals surface area contributed by atoms with E-state index >= 15 is 0 Å². The molecule has 1 aromatic heterocycles. The summed E-state index contributed by atoms with van der Waals surface area (Å²) in [6, 6.07) is 0.